The van der Waals surface area contributed by atoms with Crippen molar-refractivity contribution in [1.82, 2.24) is 0 Å². The Morgan fingerprint density at radius 3 is 2.23 bits per heavy atom. The molecule has 0 heterocycles. The van der Waals surface area contributed by atoms with Crippen molar-refractivity contribution in [2.24, 2.45) is 0 Å². The highest BCUT2D eigenvalue weighted by molar-refractivity contribution is 8.04. The van der Waals surface area contributed by atoms with E-state index < -0.39 is 14.7 Å². The summed E-state index contributed by atoms with van der Waals surface area (Å²) >= 11 is 1.08. The van der Waals surface area contributed by atoms with Gasteiger partial charge in [-0.2, -0.15) is 5.26 Å². The quantitative estimate of drug-likeness (QED) is 0.431. The molecule has 0 aliphatic heterocycles. The number of benzene rings is 3. The number of anilines is 1. The number of nitrogens with one attached hydrogen (secondary N) is 1. The maximum Gasteiger partial charge on any atom is 0.219 e. The van der Waals surface area contributed by atoms with Gasteiger partial charge in [-0.05, 0) is 41.8 Å². The van der Waals surface area contributed by atoms with E-state index in [1.807, 2.05) is 37.3 Å². The van der Waals surface area contributed by atoms with Crippen LogP contribution in [0.25, 0.3) is 0 Å². The Hall–Kier alpha value is -3.08. The third-order valence-corrected chi connectivity index (χ3v) is 7.51. The number of para-hydroxylation sites is 1. The summed E-state index contributed by atoms with van der Waals surface area (Å²) in [7, 11) is -4.06. The SMILES string of the molecule is CCc1ccccc1N/C(SCc1ccccc1F)=C(/C#N)S(=O)(=O)c1ccccc1. The van der Waals surface area contributed by atoms with Gasteiger partial charge in [0.05, 0.1) is 4.90 Å². The molecular weight excluding hydrogens is 431 g/mol. The van der Waals surface area contributed by atoms with E-state index in [2.05, 4.69) is 5.32 Å². The second-order valence-electron chi connectivity index (χ2n) is 6.60. The number of rotatable bonds is 8. The number of nitrogens with zero attached hydrogens (tertiary/aromatic N) is 1. The molecule has 0 saturated heterocycles. The number of sulfone groups is 1. The van der Waals surface area contributed by atoms with Crippen molar-refractivity contribution < 1.29 is 12.8 Å². The van der Waals surface area contributed by atoms with Gasteiger partial charge in [0.15, 0.2) is 4.91 Å². The summed E-state index contributed by atoms with van der Waals surface area (Å²) in [6.07, 6.45) is 0.724. The molecule has 0 aliphatic carbocycles. The number of aryl methyl sites for hydroxylation is 1. The average molecular weight is 453 g/mol. The minimum Gasteiger partial charge on any atom is -0.348 e. The van der Waals surface area contributed by atoms with Crippen LogP contribution in [0.1, 0.15) is 18.1 Å². The van der Waals surface area contributed by atoms with Crippen LogP contribution < -0.4 is 5.32 Å². The van der Waals surface area contributed by atoms with Gasteiger partial charge < -0.3 is 5.32 Å². The van der Waals surface area contributed by atoms with Crippen LogP contribution in [0.5, 0.6) is 0 Å². The van der Waals surface area contributed by atoms with Gasteiger partial charge in [0, 0.05) is 11.4 Å². The summed E-state index contributed by atoms with van der Waals surface area (Å²) in [6, 6.07) is 23.5. The second-order valence-corrected chi connectivity index (χ2v) is 9.47. The molecule has 4 nitrogen and oxygen atoms in total. The number of halogens is 1. The molecule has 0 atom stereocenters. The predicted molar refractivity (Wildman–Crippen MR) is 123 cm³/mol. The van der Waals surface area contributed by atoms with Gasteiger partial charge >= 0.3 is 0 Å². The monoisotopic (exact) mass is 452 g/mol. The molecule has 7 heteroatoms. The lowest BCUT2D eigenvalue weighted by Crippen LogP contribution is -2.11. The molecule has 1 N–H and O–H groups in total. The van der Waals surface area contributed by atoms with Gasteiger partial charge in [0.25, 0.3) is 0 Å². The molecule has 0 amide bonds. The topological polar surface area (TPSA) is 70.0 Å². The first-order chi connectivity index (χ1) is 15.0. The molecule has 0 radical (unpaired) electrons. The highest BCUT2D eigenvalue weighted by atomic mass is 32.2. The van der Waals surface area contributed by atoms with E-state index in [1.54, 1.807) is 36.4 Å². The first-order valence-electron chi connectivity index (χ1n) is 9.63. The summed E-state index contributed by atoms with van der Waals surface area (Å²) in [5.74, 6) is -0.216. The lowest BCUT2D eigenvalue weighted by Gasteiger charge is -2.16. The lowest BCUT2D eigenvalue weighted by molar-refractivity contribution is 0.603. The molecule has 31 heavy (non-hydrogen) atoms. The van der Waals surface area contributed by atoms with Gasteiger partial charge in [0.1, 0.15) is 16.9 Å². The van der Waals surface area contributed by atoms with E-state index in [0.29, 0.717) is 11.3 Å². The molecular formula is C24H21FN2O2S2. The van der Waals surface area contributed by atoms with Crippen LogP contribution in [-0.2, 0) is 22.0 Å². The molecule has 0 spiro atoms. The zero-order valence-electron chi connectivity index (χ0n) is 16.9. The maximum atomic E-state index is 14.1. The third kappa shape index (κ3) is 5.35. The predicted octanol–water partition coefficient (Wildman–Crippen LogP) is 5.90. The van der Waals surface area contributed by atoms with E-state index in [4.69, 9.17) is 0 Å². The number of thioether (sulfide) groups is 1. The Morgan fingerprint density at radius 2 is 1.58 bits per heavy atom. The van der Waals surface area contributed by atoms with Crippen molar-refractivity contribution in [3.63, 3.8) is 0 Å². The summed E-state index contributed by atoms with van der Waals surface area (Å²) in [4.78, 5) is -0.368. The van der Waals surface area contributed by atoms with Gasteiger partial charge in [-0.25, -0.2) is 12.8 Å². The Balaban J connectivity index is 2.08. The van der Waals surface area contributed by atoms with Crippen molar-refractivity contribution in [3.8, 4) is 6.07 Å². The van der Waals surface area contributed by atoms with E-state index in [1.165, 1.54) is 18.2 Å². The summed E-state index contributed by atoms with van der Waals surface area (Å²) in [5, 5.41) is 13.1. The van der Waals surface area contributed by atoms with Crippen molar-refractivity contribution in [3.05, 3.63) is 106 Å². The number of nitriles is 1. The van der Waals surface area contributed by atoms with Crippen LogP contribution in [0.2, 0.25) is 0 Å². The second kappa shape index (κ2) is 10.3. The van der Waals surface area contributed by atoms with Crippen molar-refractivity contribution >= 4 is 27.3 Å². The standard InChI is InChI=1S/C24H21FN2O2S2/c1-2-18-10-7-9-15-22(18)27-24(30-17-19-11-6-8-14-21(19)25)23(16-26)31(28,29)20-12-4-3-5-13-20/h3-15,27H,2,17H2,1H3/b24-23+. The Bertz CT molecular complexity index is 1230. The van der Waals surface area contributed by atoms with E-state index in [9.17, 15) is 18.1 Å². The molecule has 3 aromatic carbocycles. The number of hydrogen-bond acceptors (Lipinski definition) is 5. The normalized spacial score (nSPS) is 12.0. The Kier molecular flexibility index (Phi) is 7.50. The largest absolute Gasteiger partial charge is 0.348 e. The Labute approximate surface area is 186 Å². The van der Waals surface area contributed by atoms with Crippen LogP contribution in [-0.4, -0.2) is 8.42 Å². The fourth-order valence-corrected chi connectivity index (χ4v) is 5.51. The maximum absolute atomic E-state index is 14.1. The minimum atomic E-state index is -4.06. The van der Waals surface area contributed by atoms with Gasteiger partial charge in [0.2, 0.25) is 9.84 Å². The Morgan fingerprint density at radius 1 is 0.968 bits per heavy atom. The van der Waals surface area contributed by atoms with Crippen LogP contribution >= 0.6 is 11.8 Å². The molecule has 0 fully saturated rings. The van der Waals surface area contributed by atoms with E-state index >= 15 is 0 Å². The molecule has 3 aromatic rings. The first kappa shape index (κ1) is 22.6. The zero-order valence-corrected chi connectivity index (χ0v) is 18.5. The molecule has 0 unspecified atom stereocenters. The molecule has 0 bridgehead atoms. The summed E-state index contributed by atoms with van der Waals surface area (Å²) in [6.45, 7) is 1.99. The average Bonchev–Trinajstić information content (AvgIpc) is 2.79. The van der Waals surface area contributed by atoms with E-state index in [-0.39, 0.29) is 21.5 Å². The summed E-state index contributed by atoms with van der Waals surface area (Å²) in [5.41, 5.74) is 2.10. The zero-order chi connectivity index (χ0) is 22.3. The van der Waals surface area contributed by atoms with Gasteiger partial charge in [-0.15, -0.1) is 11.8 Å². The van der Waals surface area contributed by atoms with Crippen molar-refractivity contribution in [2.75, 3.05) is 5.32 Å². The van der Waals surface area contributed by atoms with Crippen LogP contribution in [0.4, 0.5) is 10.1 Å². The molecule has 0 aliphatic rings. The third-order valence-electron chi connectivity index (χ3n) is 4.61. The van der Waals surface area contributed by atoms with Crippen LogP contribution in [0.15, 0.2) is 93.7 Å². The van der Waals surface area contributed by atoms with Gasteiger partial charge in [-0.1, -0.05) is 61.5 Å². The first-order valence-corrected chi connectivity index (χ1v) is 12.1. The van der Waals surface area contributed by atoms with Crippen LogP contribution in [0.3, 0.4) is 0 Å². The molecule has 0 aromatic heterocycles. The fourth-order valence-electron chi connectivity index (χ4n) is 2.95. The van der Waals surface area contributed by atoms with Gasteiger partial charge in [-0.3, -0.25) is 0 Å². The molecule has 3 rings (SSSR count). The van der Waals surface area contributed by atoms with E-state index in [0.717, 1.165) is 23.7 Å². The van der Waals surface area contributed by atoms with Crippen LogP contribution in [0, 0.1) is 17.1 Å². The molecule has 0 saturated carbocycles. The number of hydrogen-bond donors (Lipinski definition) is 1. The summed E-state index contributed by atoms with van der Waals surface area (Å²) < 4.78 is 40.6. The van der Waals surface area contributed by atoms with Crippen molar-refractivity contribution in [1.29, 1.82) is 5.26 Å². The molecule has 158 valence electrons. The lowest BCUT2D eigenvalue weighted by atomic mass is 10.1. The highest BCUT2D eigenvalue weighted by Gasteiger charge is 2.26. The fraction of sp³-hybridized carbons (Fsp3) is 0.125. The minimum absolute atomic E-state index is 0.0288. The number of allylic oxidation sites excluding steroid dienone is 1. The van der Waals surface area contributed by atoms with Crippen molar-refractivity contribution in [2.45, 2.75) is 24.0 Å². The smallest absolute Gasteiger partial charge is 0.219 e. The highest BCUT2D eigenvalue weighted by Crippen LogP contribution is 2.32.